The van der Waals surface area contributed by atoms with Crippen LogP contribution in [0.4, 0.5) is 5.69 Å². The van der Waals surface area contributed by atoms with Crippen LogP contribution in [0, 0.1) is 6.92 Å². The highest BCUT2D eigenvalue weighted by atomic mass is 35.5. The van der Waals surface area contributed by atoms with Gasteiger partial charge in [0.05, 0.1) is 22.3 Å². The van der Waals surface area contributed by atoms with Crippen LogP contribution in [0.25, 0.3) is 21.9 Å². The van der Waals surface area contributed by atoms with Gasteiger partial charge in [0.15, 0.2) is 5.65 Å². The van der Waals surface area contributed by atoms with E-state index in [4.69, 9.17) is 10.1 Å². The minimum atomic E-state index is 0. The maximum atomic E-state index is 4.94. The van der Waals surface area contributed by atoms with Gasteiger partial charge in [-0.1, -0.05) is 45.4 Å². The van der Waals surface area contributed by atoms with Crippen LogP contribution >= 0.6 is 24.8 Å². The van der Waals surface area contributed by atoms with E-state index in [0.29, 0.717) is 0 Å². The number of rotatable bonds is 9. The van der Waals surface area contributed by atoms with Crippen LogP contribution in [0.5, 0.6) is 0 Å². The van der Waals surface area contributed by atoms with Crippen molar-refractivity contribution in [2.75, 3.05) is 31.5 Å². The molecule has 0 aliphatic rings. The zero-order valence-electron chi connectivity index (χ0n) is 17.4. The van der Waals surface area contributed by atoms with Crippen molar-refractivity contribution in [2.24, 2.45) is 0 Å². The molecule has 7 heteroatoms. The van der Waals surface area contributed by atoms with Crippen molar-refractivity contribution in [3.63, 3.8) is 0 Å². The molecule has 1 aromatic carbocycles. The number of pyridine rings is 1. The van der Waals surface area contributed by atoms with E-state index >= 15 is 0 Å². The van der Waals surface area contributed by atoms with Crippen molar-refractivity contribution < 1.29 is 0 Å². The van der Waals surface area contributed by atoms with E-state index < -0.39 is 0 Å². The molecule has 0 unspecified atom stereocenters. The van der Waals surface area contributed by atoms with Gasteiger partial charge in [-0.05, 0) is 32.5 Å². The summed E-state index contributed by atoms with van der Waals surface area (Å²) in [6, 6.07) is 8.39. The second-order valence-electron chi connectivity index (χ2n) is 6.82. The fourth-order valence-electron chi connectivity index (χ4n) is 3.53. The van der Waals surface area contributed by atoms with E-state index in [0.717, 1.165) is 62.4 Å². The molecule has 5 nitrogen and oxygen atoms in total. The van der Waals surface area contributed by atoms with Gasteiger partial charge in [0, 0.05) is 25.0 Å². The van der Waals surface area contributed by atoms with Gasteiger partial charge in [0.1, 0.15) is 0 Å². The molecule has 28 heavy (non-hydrogen) atoms. The summed E-state index contributed by atoms with van der Waals surface area (Å²) in [7, 11) is 0. The Morgan fingerprint density at radius 3 is 2.46 bits per heavy atom. The first-order valence-electron chi connectivity index (χ1n) is 9.91. The SMILES string of the molecule is CCCCn1nc(C)c2c(NCCN(CC)CC)c3ccccc3nc21.Cl.Cl. The summed E-state index contributed by atoms with van der Waals surface area (Å²) in [5.74, 6) is 0. The molecule has 1 N–H and O–H groups in total. The van der Waals surface area contributed by atoms with Crippen molar-refractivity contribution in [1.82, 2.24) is 19.7 Å². The third kappa shape index (κ3) is 5.07. The first-order chi connectivity index (χ1) is 12.7. The molecular formula is C21H33Cl2N5. The fraction of sp³-hybridized carbons (Fsp3) is 0.524. The maximum absolute atomic E-state index is 4.94. The Kier molecular flexibility index (Phi) is 10.0. The number of nitrogens with zero attached hydrogens (tertiary/aromatic N) is 4. The number of aromatic nitrogens is 3. The number of hydrogen-bond acceptors (Lipinski definition) is 4. The summed E-state index contributed by atoms with van der Waals surface area (Å²) >= 11 is 0. The van der Waals surface area contributed by atoms with E-state index in [1.54, 1.807) is 0 Å². The number of anilines is 1. The van der Waals surface area contributed by atoms with Crippen LogP contribution in [0.2, 0.25) is 0 Å². The number of hydrogen-bond donors (Lipinski definition) is 1. The third-order valence-electron chi connectivity index (χ3n) is 5.10. The number of halogens is 2. The molecule has 0 atom stereocenters. The van der Waals surface area contributed by atoms with Crippen LogP contribution < -0.4 is 5.32 Å². The molecule has 0 spiro atoms. The average molecular weight is 426 g/mol. The Bertz CT molecular complexity index is 874. The van der Waals surface area contributed by atoms with Crippen molar-refractivity contribution >= 4 is 52.4 Å². The van der Waals surface area contributed by atoms with Crippen LogP contribution in [-0.4, -0.2) is 45.8 Å². The van der Waals surface area contributed by atoms with Gasteiger partial charge in [-0.3, -0.25) is 0 Å². The summed E-state index contributed by atoms with van der Waals surface area (Å²) < 4.78 is 2.08. The van der Waals surface area contributed by atoms with Crippen molar-refractivity contribution in [2.45, 2.75) is 47.1 Å². The minimum Gasteiger partial charge on any atom is -0.383 e. The van der Waals surface area contributed by atoms with Gasteiger partial charge >= 0.3 is 0 Å². The molecule has 0 fully saturated rings. The molecule has 0 bridgehead atoms. The fourth-order valence-corrected chi connectivity index (χ4v) is 3.53. The van der Waals surface area contributed by atoms with Crippen LogP contribution in [0.15, 0.2) is 24.3 Å². The molecule has 0 aliphatic heterocycles. The molecule has 0 aliphatic carbocycles. The summed E-state index contributed by atoms with van der Waals surface area (Å²) in [6.07, 6.45) is 2.28. The number of nitrogens with one attached hydrogen (secondary N) is 1. The Morgan fingerprint density at radius 2 is 1.79 bits per heavy atom. The molecule has 0 saturated heterocycles. The van der Waals surface area contributed by atoms with Gasteiger partial charge in [-0.2, -0.15) is 5.10 Å². The number of para-hydroxylation sites is 1. The topological polar surface area (TPSA) is 46.0 Å². The highest BCUT2D eigenvalue weighted by molar-refractivity contribution is 6.07. The Hall–Kier alpha value is -1.56. The van der Waals surface area contributed by atoms with E-state index in [1.165, 1.54) is 16.5 Å². The third-order valence-corrected chi connectivity index (χ3v) is 5.10. The predicted molar refractivity (Wildman–Crippen MR) is 125 cm³/mol. The second kappa shape index (κ2) is 11.4. The maximum Gasteiger partial charge on any atom is 0.160 e. The minimum absolute atomic E-state index is 0. The summed E-state index contributed by atoms with van der Waals surface area (Å²) in [6.45, 7) is 13.8. The highest BCUT2D eigenvalue weighted by Gasteiger charge is 2.16. The summed E-state index contributed by atoms with van der Waals surface area (Å²) in [4.78, 5) is 7.37. The molecular weight excluding hydrogens is 393 g/mol. The lowest BCUT2D eigenvalue weighted by Gasteiger charge is -2.19. The molecule has 0 radical (unpaired) electrons. The number of fused-ring (bicyclic) bond motifs is 2. The smallest absolute Gasteiger partial charge is 0.160 e. The van der Waals surface area contributed by atoms with Crippen LogP contribution in [0.3, 0.4) is 0 Å². The lowest BCUT2D eigenvalue weighted by molar-refractivity contribution is 0.316. The molecule has 3 aromatic rings. The van der Waals surface area contributed by atoms with Crippen LogP contribution in [-0.2, 0) is 6.54 Å². The zero-order chi connectivity index (χ0) is 18.5. The highest BCUT2D eigenvalue weighted by Crippen LogP contribution is 2.32. The summed E-state index contributed by atoms with van der Waals surface area (Å²) in [5.41, 5.74) is 4.26. The monoisotopic (exact) mass is 425 g/mol. The molecule has 2 aromatic heterocycles. The average Bonchev–Trinajstić information content (AvgIpc) is 2.98. The van der Waals surface area contributed by atoms with Crippen molar-refractivity contribution in [3.8, 4) is 0 Å². The van der Waals surface area contributed by atoms with E-state index in [1.807, 2.05) is 0 Å². The predicted octanol–water partition coefficient (Wildman–Crippen LogP) is 5.29. The van der Waals surface area contributed by atoms with Gasteiger partial charge in [-0.15, -0.1) is 24.8 Å². The number of aryl methyl sites for hydroxylation is 2. The van der Waals surface area contributed by atoms with Gasteiger partial charge in [0.2, 0.25) is 0 Å². The standard InChI is InChI=1S/C21H31N5.2ClH/c1-5-8-14-26-21-19(16(4)24-26)20(22-13-15-25(6-2)7-3)17-11-9-10-12-18(17)23-21;;/h9-12H,5-8,13-15H2,1-4H3,(H,22,23);2*1H. The van der Waals surface area contributed by atoms with E-state index in [9.17, 15) is 0 Å². The quantitative estimate of drug-likeness (QED) is 0.505. The van der Waals surface area contributed by atoms with Crippen molar-refractivity contribution in [1.29, 1.82) is 0 Å². The molecule has 0 amide bonds. The first kappa shape index (κ1) is 24.5. The second-order valence-corrected chi connectivity index (χ2v) is 6.82. The first-order valence-corrected chi connectivity index (χ1v) is 9.91. The lowest BCUT2D eigenvalue weighted by Crippen LogP contribution is -2.28. The number of likely N-dealkylation sites (N-methyl/N-ethyl adjacent to an activating group) is 1. The van der Waals surface area contributed by atoms with Gasteiger partial charge in [0.25, 0.3) is 0 Å². The molecule has 3 rings (SSSR count). The molecule has 0 saturated carbocycles. The normalized spacial score (nSPS) is 10.9. The van der Waals surface area contributed by atoms with Gasteiger partial charge in [-0.25, -0.2) is 9.67 Å². The number of benzene rings is 1. The zero-order valence-corrected chi connectivity index (χ0v) is 19.0. The van der Waals surface area contributed by atoms with Crippen LogP contribution in [0.1, 0.15) is 39.3 Å². The Morgan fingerprint density at radius 1 is 1.07 bits per heavy atom. The summed E-state index contributed by atoms with van der Waals surface area (Å²) in [5, 5.41) is 10.8. The molecule has 156 valence electrons. The van der Waals surface area contributed by atoms with E-state index in [-0.39, 0.29) is 24.8 Å². The van der Waals surface area contributed by atoms with Gasteiger partial charge < -0.3 is 10.2 Å². The van der Waals surface area contributed by atoms with E-state index in [2.05, 4.69) is 66.9 Å². The molecule has 2 heterocycles. The lowest BCUT2D eigenvalue weighted by atomic mass is 10.1. The Balaban J connectivity index is 0.00000196. The largest absolute Gasteiger partial charge is 0.383 e. The van der Waals surface area contributed by atoms with Crippen molar-refractivity contribution in [3.05, 3.63) is 30.0 Å². The number of unbranched alkanes of at least 4 members (excludes halogenated alkanes) is 1. The Labute approximate surface area is 180 Å².